The quantitative estimate of drug-likeness (QED) is 0.311. The number of hydrogen-bond donors (Lipinski definition) is 1. The zero-order chi connectivity index (χ0) is 22.2. The summed E-state index contributed by atoms with van der Waals surface area (Å²) in [7, 11) is 0. The number of alkyl halides is 1. The van der Waals surface area contributed by atoms with Gasteiger partial charge in [-0.2, -0.15) is 0 Å². The van der Waals surface area contributed by atoms with Gasteiger partial charge in [-0.25, -0.2) is 4.79 Å². The average Bonchev–Trinajstić information content (AvgIpc) is 3.02. The van der Waals surface area contributed by atoms with E-state index in [1.54, 1.807) is 0 Å². The van der Waals surface area contributed by atoms with E-state index >= 15 is 0 Å². The zero-order valence-electron chi connectivity index (χ0n) is 17.2. The first kappa shape index (κ1) is 21.7. The first-order valence-electron chi connectivity index (χ1n) is 9.97. The minimum atomic E-state index is -1.57. The molecule has 2 saturated heterocycles. The van der Waals surface area contributed by atoms with Crippen molar-refractivity contribution in [2.75, 3.05) is 0 Å². The Kier molecular flexibility index (Phi) is 5.75. The van der Waals surface area contributed by atoms with Gasteiger partial charge in [0, 0.05) is 4.75 Å². The van der Waals surface area contributed by atoms with E-state index in [0.29, 0.717) is 0 Å². The molecular formula is C23H23ClN2O4S. The predicted molar refractivity (Wildman–Crippen MR) is 119 cm³/mol. The monoisotopic (exact) mass is 458 g/mol. The highest BCUT2D eigenvalue weighted by Crippen LogP contribution is 2.56. The largest absolute Gasteiger partial charge is 0.459 e. The number of nitrogens with one attached hydrogen (secondary N) is 1. The number of carbonyl (C=O) groups excluding carboxylic acids is 3. The molecule has 6 nitrogen and oxygen atoms in total. The summed E-state index contributed by atoms with van der Waals surface area (Å²) in [6, 6.07) is 17.8. The molecule has 4 rings (SSSR count). The Labute approximate surface area is 190 Å². The summed E-state index contributed by atoms with van der Waals surface area (Å²) in [4.78, 5) is 38.3. The fraction of sp³-hybridized carbons (Fsp3) is 0.348. The maximum atomic E-state index is 13.0. The van der Waals surface area contributed by atoms with Crippen LogP contribution in [-0.4, -0.2) is 43.8 Å². The Morgan fingerprint density at radius 2 is 1.65 bits per heavy atom. The lowest BCUT2D eigenvalue weighted by molar-refractivity contribution is -0.167. The van der Waals surface area contributed by atoms with Crippen molar-refractivity contribution in [3.05, 3.63) is 71.8 Å². The topological polar surface area (TPSA) is 75.7 Å². The van der Waals surface area contributed by atoms with Crippen LogP contribution in [0.1, 0.15) is 25.0 Å². The van der Waals surface area contributed by atoms with E-state index in [9.17, 15) is 14.4 Å². The molecule has 0 aliphatic carbocycles. The maximum Gasteiger partial charge on any atom is 0.330 e. The third-order valence-electron chi connectivity index (χ3n) is 5.47. The number of thioether (sulfide) groups is 1. The molecule has 0 spiro atoms. The first-order chi connectivity index (χ1) is 14.7. The molecule has 0 saturated carbocycles. The molecule has 2 amide bonds. The molecule has 162 valence electrons. The van der Waals surface area contributed by atoms with Crippen molar-refractivity contribution >= 4 is 41.1 Å². The predicted octanol–water partition coefficient (Wildman–Crippen LogP) is 3.09. The number of carbonyl (C=O) groups is 3. The molecule has 0 radical (unpaired) electrons. The molecule has 2 aromatic rings. The lowest BCUT2D eigenvalue weighted by atomic mass is 9.95. The van der Waals surface area contributed by atoms with Crippen molar-refractivity contribution in [2.24, 2.45) is 0 Å². The zero-order valence-corrected chi connectivity index (χ0v) is 18.8. The number of β-lactam (4-membered cyclic amide) rings is 1. The second-order valence-electron chi connectivity index (χ2n) is 8.20. The SMILES string of the molecule is CC1(C)S[C@H]2N(C(=O)[C@@]2(Cl)NC(=O)Cc2ccccc2)[C@H]1C(=O)OCc1ccccc1. The Morgan fingerprint density at radius 1 is 1.06 bits per heavy atom. The maximum absolute atomic E-state index is 13.0. The molecule has 2 heterocycles. The van der Waals surface area contributed by atoms with Crippen LogP contribution >= 0.6 is 23.4 Å². The summed E-state index contributed by atoms with van der Waals surface area (Å²) in [5.41, 5.74) is 1.69. The van der Waals surface area contributed by atoms with E-state index in [4.69, 9.17) is 16.3 Å². The molecule has 2 fully saturated rings. The van der Waals surface area contributed by atoms with E-state index in [2.05, 4.69) is 5.32 Å². The minimum absolute atomic E-state index is 0.117. The summed E-state index contributed by atoms with van der Waals surface area (Å²) in [5.74, 6) is -1.31. The Balaban J connectivity index is 1.44. The van der Waals surface area contributed by atoms with Gasteiger partial charge in [0.25, 0.3) is 5.91 Å². The van der Waals surface area contributed by atoms with Crippen LogP contribution in [0.5, 0.6) is 0 Å². The molecule has 31 heavy (non-hydrogen) atoms. The van der Waals surface area contributed by atoms with Crippen molar-refractivity contribution in [1.82, 2.24) is 10.2 Å². The van der Waals surface area contributed by atoms with E-state index in [0.717, 1.165) is 11.1 Å². The third-order valence-corrected chi connectivity index (χ3v) is 7.69. The first-order valence-corrected chi connectivity index (χ1v) is 11.2. The number of amides is 2. The molecule has 0 unspecified atom stereocenters. The van der Waals surface area contributed by atoms with Crippen LogP contribution in [0.15, 0.2) is 60.7 Å². The second-order valence-corrected chi connectivity index (χ2v) is 10.5. The van der Waals surface area contributed by atoms with Crippen molar-refractivity contribution in [3.8, 4) is 0 Å². The standard InChI is InChI=1S/C23H23ClN2O4S/c1-22(2)18(19(28)30-14-16-11-7-4-8-12-16)26-20(29)23(24,21(26)31-22)25-17(27)13-15-9-5-3-6-10-15/h3-12,18,21H,13-14H2,1-2H3,(H,25,27)/t18-,21+,23+/m0/s1. The van der Waals surface area contributed by atoms with E-state index in [1.165, 1.54) is 16.7 Å². The molecule has 2 aliphatic rings. The van der Waals surface area contributed by atoms with Crippen LogP contribution < -0.4 is 5.32 Å². The van der Waals surface area contributed by atoms with Crippen LogP contribution in [0.3, 0.4) is 0 Å². The number of esters is 1. The number of nitrogens with zero attached hydrogens (tertiary/aromatic N) is 1. The fourth-order valence-electron chi connectivity index (χ4n) is 3.95. The number of fused-ring (bicyclic) bond motifs is 1. The number of halogens is 1. The van der Waals surface area contributed by atoms with Gasteiger partial charge in [-0.05, 0) is 25.0 Å². The smallest absolute Gasteiger partial charge is 0.330 e. The average molecular weight is 459 g/mol. The van der Waals surface area contributed by atoms with Gasteiger partial charge >= 0.3 is 5.97 Å². The van der Waals surface area contributed by atoms with Crippen molar-refractivity contribution < 1.29 is 19.1 Å². The van der Waals surface area contributed by atoms with Gasteiger partial charge in [-0.3, -0.25) is 9.59 Å². The van der Waals surface area contributed by atoms with Gasteiger partial charge < -0.3 is 15.0 Å². The highest BCUT2D eigenvalue weighted by molar-refractivity contribution is 8.01. The van der Waals surface area contributed by atoms with Gasteiger partial charge in [0.15, 0.2) is 0 Å². The van der Waals surface area contributed by atoms with Crippen molar-refractivity contribution in [2.45, 2.75) is 48.0 Å². The molecule has 8 heteroatoms. The van der Waals surface area contributed by atoms with Gasteiger partial charge in [-0.1, -0.05) is 72.3 Å². The van der Waals surface area contributed by atoms with Crippen molar-refractivity contribution in [1.29, 1.82) is 0 Å². The summed E-state index contributed by atoms with van der Waals surface area (Å²) >= 11 is 7.99. The number of hydrogen-bond acceptors (Lipinski definition) is 5. The molecule has 3 atom stereocenters. The van der Waals surface area contributed by atoms with Crippen LogP contribution in [0.4, 0.5) is 0 Å². The summed E-state index contributed by atoms with van der Waals surface area (Å²) < 4.78 is 4.88. The van der Waals surface area contributed by atoms with E-state index in [1.807, 2.05) is 74.5 Å². The third kappa shape index (κ3) is 4.04. The van der Waals surface area contributed by atoms with E-state index in [-0.39, 0.29) is 18.9 Å². The highest BCUT2D eigenvalue weighted by atomic mass is 35.5. The van der Waals surface area contributed by atoms with Crippen LogP contribution in [-0.2, 0) is 32.1 Å². The van der Waals surface area contributed by atoms with Crippen LogP contribution in [0, 0.1) is 0 Å². The molecule has 1 N–H and O–H groups in total. The normalized spacial score (nSPS) is 26.0. The molecule has 0 bridgehead atoms. The lowest BCUT2D eigenvalue weighted by Crippen LogP contribution is -2.77. The molecule has 2 aliphatic heterocycles. The number of rotatable bonds is 6. The minimum Gasteiger partial charge on any atom is -0.459 e. The van der Waals surface area contributed by atoms with Crippen LogP contribution in [0.2, 0.25) is 0 Å². The Bertz CT molecular complexity index is 1000. The van der Waals surface area contributed by atoms with Gasteiger partial charge in [-0.15, -0.1) is 11.8 Å². The fourth-order valence-corrected chi connectivity index (χ4v) is 5.96. The van der Waals surface area contributed by atoms with Gasteiger partial charge in [0.05, 0.1) is 6.42 Å². The summed E-state index contributed by atoms with van der Waals surface area (Å²) in [6.07, 6.45) is 0.117. The lowest BCUT2D eigenvalue weighted by Gasteiger charge is -2.49. The molecule has 0 aromatic heterocycles. The van der Waals surface area contributed by atoms with Crippen LogP contribution in [0.25, 0.3) is 0 Å². The second kappa shape index (κ2) is 8.20. The van der Waals surface area contributed by atoms with Crippen molar-refractivity contribution in [3.63, 3.8) is 0 Å². The Hall–Kier alpha value is -2.51. The molecule has 2 aromatic carbocycles. The highest BCUT2D eigenvalue weighted by Gasteiger charge is 2.72. The summed E-state index contributed by atoms with van der Waals surface area (Å²) in [6.45, 7) is 3.88. The van der Waals surface area contributed by atoms with E-state index < -0.39 is 33.0 Å². The van der Waals surface area contributed by atoms with Gasteiger partial charge in [0.1, 0.15) is 18.0 Å². The summed E-state index contributed by atoms with van der Waals surface area (Å²) in [5, 5.41) is 2.13. The Morgan fingerprint density at radius 3 is 2.26 bits per heavy atom. The molecular weight excluding hydrogens is 436 g/mol. The number of ether oxygens (including phenoxy) is 1. The van der Waals surface area contributed by atoms with Gasteiger partial charge in [0.2, 0.25) is 10.9 Å². The number of benzene rings is 2.